The fourth-order valence-electron chi connectivity index (χ4n) is 1.66. The van der Waals surface area contributed by atoms with Gasteiger partial charge >= 0.3 is 0 Å². The summed E-state index contributed by atoms with van der Waals surface area (Å²) in [6, 6.07) is 2.95. The third kappa shape index (κ3) is 1.46. The first-order valence-corrected chi connectivity index (χ1v) is 4.77. The van der Waals surface area contributed by atoms with Crippen LogP contribution in [0.4, 0.5) is 5.69 Å². The first-order chi connectivity index (χ1) is 7.50. The van der Waals surface area contributed by atoms with Gasteiger partial charge in [-0.1, -0.05) is 0 Å². The van der Waals surface area contributed by atoms with E-state index in [2.05, 4.69) is 4.98 Å². The monoisotopic (exact) mass is 218 g/mol. The highest BCUT2D eigenvalue weighted by Gasteiger charge is 2.13. The number of rotatable bonds is 1. The highest BCUT2D eigenvalue weighted by molar-refractivity contribution is 5.82. The molecule has 1 heterocycles. The molecular formula is C11H10N2O3. The van der Waals surface area contributed by atoms with Crippen molar-refractivity contribution in [1.29, 1.82) is 0 Å². The number of hydrogen-bond acceptors (Lipinski definition) is 3. The number of hydrogen-bond donors (Lipinski definition) is 1. The third-order valence-corrected chi connectivity index (χ3v) is 2.58. The predicted octanol–water partition coefficient (Wildman–Crippen LogP) is 2.05. The number of nitro groups is 1. The minimum Gasteiger partial charge on any atom is -0.361 e. The maximum atomic E-state index is 11.8. The second kappa shape index (κ2) is 3.44. The van der Waals surface area contributed by atoms with Crippen LogP contribution >= 0.6 is 0 Å². The highest BCUT2D eigenvalue weighted by atomic mass is 16.6. The highest BCUT2D eigenvalue weighted by Crippen LogP contribution is 2.22. The molecule has 5 heteroatoms. The van der Waals surface area contributed by atoms with Crippen LogP contribution in [0.5, 0.6) is 0 Å². The first-order valence-electron chi connectivity index (χ1n) is 4.77. The number of nitrogens with one attached hydrogen (secondary N) is 1. The second-order valence-corrected chi connectivity index (χ2v) is 3.74. The molecule has 5 nitrogen and oxygen atoms in total. The molecule has 0 aliphatic carbocycles. The first kappa shape index (κ1) is 10.4. The Morgan fingerprint density at radius 1 is 1.25 bits per heavy atom. The molecule has 0 saturated heterocycles. The van der Waals surface area contributed by atoms with Gasteiger partial charge in [0, 0.05) is 23.4 Å². The lowest BCUT2D eigenvalue weighted by atomic mass is 10.1. The van der Waals surface area contributed by atoms with Crippen molar-refractivity contribution in [3.05, 3.63) is 49.8 Å². The molecule has 82 valence electrons. The van der Waals surface area contributed by atoms with Crippen molar-refractivity contribution in [3.63, 3.8) is 0 Å². The van der Waals surface area contributed by atoms with Crippen LogP contribution in [0.2, 0.25) is 0 Å². The molecule has 0 radical (unpaired) electrons. The van der Waals surface area contributed by atoms with E-state index >= 15 is 0 Å². The standard InChI is InChI=1S/C11H10N2O3/c1-6-3-9-8(4-10(6)13(15)16)11(14)7(2)5-12-9/h3-5H,1-2H3,(H,12,14). The summed E-state index contributed by atoms with van der Waals surface area (Å²) >= 11 is 0. The van der Waals surface area contributed by atoms with Gasteiger partial charge in [-0.15, -0.1) is 0 Å². The van der Waals surface area contributed by atoms with Gasteiger partial charge in [0.25, 0.3) is 5.69 Å². The Labute approximate surface area is 90.9 Å². The Morgan fingerprint density at radius 2 is 1.94 bits per heavy atom. The lowest BCUT2D eigenvalue weighted by Gasteiger charge is -2.02. The summed E-state index contributed by atoms with van der Waals surface area (Å²) < 4.78 is 0. The maximum Gasteiger partial charge on any atom is 0.273 e. The molecule has 0 aliphatic heterocycles. The van der Waals surface area contributed by atoms with Gasteiger partial charge in [0.1, 0.15) is 0 Å². The summed E-state index contributed by atoms with van der Waals surface area (Å²) in [5, 5.41) is 11.1. The molecule has 0 fully saturated rings. The van der Waals surface area contributed by atoms with Gasteiger partial charge in [0.05, 0.1) is 15.8 Å². The van der Waals surface area contributed by atoms with E-state index in [-0.39, 0.29) is 11.1 Å². The number of aromatic nitrogens is 1. The average molecular weight is 218 g/mol. The quantitative estimate of drug-likeness (QED) is 0.587. The normalized spacial score (nSPS) is 10.6. The summed E-state index contributed by atoms with van der Waals surface area (Å²) in [6.45, 7) is 3.32. The fraction of sp³-hybridized carbons (Fsp3) is 0.182. The predicted molar refractivity (Wildman–Crippen MR) is 60.7 cm³/mol. The number of pyridine rings is 1. The Hall–Kier alpha value is -2.17. The molecule has 1 aromatic heterocycles. The average Bonchev–Trinajstić information content (AvgIpc) is 2.23. The van der Waals surface area contributed by atoms with Crippen molar-refractivity contribution >= 4 is 16.6 Å². The topological polar surface area (TPSA) is 76.0 Å². The summed E-state index contributed by atoms with van der Waals surface area (Å²) in [5.41, 5.74) is 1.52. The van der Waals surface area contributed by atoms with Gasteiger partial charge in [0.15, 0.2) is 5.43 Å². The SMILES string of the molecule is Cc1cc2[nH]cc(C)c(=O)c2cc1[N+](=O)[O-]. The molecular weight excluding hydrogens is 208 g/mol. The maximum absolute atomic E-state index is 11.8. The molecule has 0 bridgehead atoms. The number of fused-ring (bicyclic) bond motifs is 1. The van der Waals surface area contributed by atoms with Crippen molar-refractivity contribution < 1.29 is 4.92 Å². The van der Waals surface area contributed by atoms with Gasteiger partial charge < -0.3 is 4.98 Å². The molecule has 2 aromatic rings. The molecule has 0 unspecified atom stereocenters. The van der Waals surface area contributed by atoms with Gasteiger partial charge in [-0.3, -0.25) is 14.9 Å². The molecule has 0 aliphatic rings. The molecule has 0 amide bonds. The van der Waals surface area contributed by atoms with Crippen LogP contribution in [-0.2, 0) is 0 Å². The number of aromatic amines is 1. The van der Waals surface area contributed by atoms with E-state index in [1.165, 1.54) is 6.07 Å². The van der Waals surface area contributed by atoms with Gasteiger partial charge in [-0.25, -0.2) is 0 Å². The summed E-state index contributed by atoms with van der Waals surface area (Å²) in [5.74, 6) is 0. The van der Waals surface area contributed by atoms with Crippen molar-refractivity contribution in [3.8, 4) is 0 Å². The Bertz CT molecular complexity index is 643. The molecule has 2 rings (SSSR count). The lowest BCUT2D eigenvalue weighted by molar-refractivity contribution is -0.385. The summed E-state index contributed by atoms with van der Waals surface area (Å²) in [7, 11) is 0. The van der Waals surface area contributed by atoms with Gasteiger partial charge in [0.2, 0.25) is 0 Å². The van der Waals surface area contributed by atoms with Crippen LogP contribution in [0, 0.1) is 24.0 Å². The fourth-order valence-corrected chi connectivity index (χ4v) is 1.66. The number of benzene rings is 1. The van der Waals surface area contributed by atoms with Crippen LogP contribution in [-0.4, -0.2) is 9.91 Å². The smallest absolute Gasteiger partial charge is 0.273 e. The zero-order valence-corrected chi connectivity index (χ0v) is 8.90. The number of H-pyrrole nitrogens is 1. The molecule has 1 N–H and O–H groups in total. The number of nitrogens with zero attached hydrogens (tertiary/aromatic N) is 1. The zero-order valence-electron chi connectivity index (χ0n) is 8.90. The van der Waals surface area contributed by atoms with Gasteiger partial charge in [-0.2, -0.15) is 0 Å². The van der Waals surface area contributed by atoms with Crippen LogP contribution < -0.4 is 5.43 Å². The molecule has 0 spiro atoms. The Morgan fingerprint density at radius 3 is 2.56 bits per heavy atom. The number of nitro benzene ring substituents is 1. The van der Waals surface area contributed by atoms with E-state index in [9.17, 15) is 14.9 Å². The van der Waals surface area contributed by atoms with E-state index < -0.39 is 4.92 Å². The molecule has 16 heavy (non-hydrogen) atoms. The molecule has 1 aromatic carbocycles. The second-order valence-electron chi connectivity index (χ2n) is 3.74. The van der Waals surface area contributed by atoms with Crippen molar-refractivity contribution in [2.45, 2.75) is 13.8 Å². The van der Waals surface area contributed by atoms with E-state index in [1.54, 1.807) is 26.1 Å². The van der Waals surface area contributed by atoms with Gasteiger partial charge in [-0.05, 0) is 19.9 Å². The number of aryl methyl sites for hydroxylation is 2. The van der Waals surface area contributed by atoms with E-state index in [1.807, 2.05) is 0 Å². The van der Waals surface area contributed by atoms with Crippen LogP contribution in [0.15, 0.2) is 23.1 Å². The summed E-state index contributed by atoms with van der Waals surface area (Å²) in [4.78, 5) is 25.0. The minimum absolute atomic E-state index is 0.0244. The largest absolute Gasteiger partial charge is 0.361 e. The van der Waals surface area contributed by atoms with E-state index in [0.717, 1.165) is 0 Å². The van der Waals surface area contributed by atoms with Crippen molar-refractivity contribution in [2.75, 3.05) is 0 Å². The Kier molecular flexibility index (Phi) is 2.23. The van der Waals surface area contributed by atoms with Crippen LogP contribution in [0.1, 0.15) is 11.1 Å². The minimum atomic E-state index is -0.476. The van der Waals surface area contributed by atoms with Crippen LogP contribution in [0.3, 0.4) is 0 Å². The van der Waals surface area contributed by atoms with Crippen molar-refractivity contribution in [2.24, 2.45) is 0 Å². The van der Waals surface area contributed by atoms with E-state index in [4.69, 9.17) is 0 Å². The van der Waals surface area contributed by atoms with Crippen molar-refractivity contribution in [1.82, 2.24) is 4.98 Å². The zero-order chi connectivity index (χ0) is 11.9. The summed E-state index contributed by atoms with van der Waals surface area (Å²) in [6.07, 6.45) is 1.61. The van der Waals surface area contributed by atoms with E-state index in [0.29, 0.717) is 22.0 Å². The molecule has 0 atom stereocenters. The van der Waals surface area contributed by atoms with Crippen LogP contribution in [0.25, 0.3) is 10.9 Å². The molecule has 0 saturated carbocycles. The lowest BCUT2D eigenvalue weighted by Crippen LogP contribution is -2.07. The Balaban J connectivity index is 2.92. The third-order valence-electron chi connectivity index (χ3n) is 2.58.